The number of hydrogen-bond donors (Lipinski definition) is 1. The summed E-state index contributed by atoms with van der Waals surface area (Å²) in [5.74, 6) is -0.117. The summed E-state index contributed by atoms with van der Waals surface area (Å²) in [6, 6.07) is 7.41. The molecule has 0 amide bonds. The zero-order valence-corrected chi connectivity index (χ0v) is 11.9. The molecule has 21 heavy (non-hydrogen) atoms. The number of aromatic nitrogens is 4. The molecule has 108 valence electrons. The quantitative estimate of drug-likeness (QED) is 0.799. The summed E-state index contributed by atoms with van der Waals surface area (Å²) in [6.07, 6.45) is 3.41. The third-order valence-electron chi connectivity index (χ3n) is 3.47. The number of para-hydroxylation sites is 1. The average molecular weight is 284 g/mol. The van der Waals surface area contributed by atoms with Gasteiger partial charge in [0.2, 0.25) is 0 Å². The van der Waals surface area contributed by atoms with Gasteiger partial charge in [-0.3, -0.25) is 0 Å². The third kappa shape index (κ3) is 2.29. The van der Waals surface area contributed by atoms with Gasteiger partial charge in [0.05, 0.1) is 17.6 Å². The van der Waals surface area contributed by atoms with Crippen molar-refractivity contribution in [3.8, 4) is 0 Å². The van der Waals surface area contributed by atoms with Gasteiger partial charge in [-0.05, 0) is 26.0 Å². The van der Waals surface area contributed by atoms with Crippen LogP contribution in [-0.2, 0) is 6.54 Å². The number of nitrogens with zero attached hydrogens (tertiary/aromatic N) is 4. The van der Waals surface area contributed by atoms with E-state index in [4.69, 9.17) is 0 Å². The average Bonchev–Trinajstić information content (AvgIpc) is 3.06. The van der Waals surface area contributed by atoms with Crippen LogP contribution in [0.4, 0.5) is 0 Å². The Hall–Kier alpha value is -2.63. The Bertz CT molecular complexity index is 801. The Morgan fingerprint density at radius 1 is 1.33 bits per heavy atom. The Morgan fingerprint density at radius 3 is 2.86 bits per heavy atom. The Kier molecular flexibility index (Phi) is 3.21. The van der Waals surface area contributed by atoms with Crippen LogP contribution >= 0.6 is 0 Å². The highest BCUT2D eigenvalue weighted by Gasteiger charge is 2.14. The molecular weight excluding hydrogens is 268 g/mol. The minimum Gasteiger partial charge on any atom is -0.478 e. The molecule has 1 N–H and O–H groups in total. The van der Waals surface area contributed by atoms with E-state index in [1.54, 1.807) is 12.1 Å². The molecule has 0 spiro atoms. The minimum atomic E-state index is -0.925. The SMILES string of the molecule is CC(C)n1ncnc1Cn1ccc2cccc(C(=O)O)c21. The monoisotopic (exact) mass is 284 g/mol. The van der Waals surface area contributed by atoms with Crippen molar-refractivity contribution in [1.29, 1.82) is 0 Å². The van der Waals surface area contributed by atoms with Crippen LogP contribution in [0.3, 0.4) is 0 Å². The summed E-state index contributed by atoms with van der Waals surface area (Å²) in [5, 5.41) is 14.5. The van der Waals surface area contributed by atoms with Gasteiger partial charge in [-0.2, -0.15) is 5.10 Å². The second-order valence-corrected chi connectivity index (χ2v) is 5.21. The molecule has 6 heteroatoms. The number of hydrogen-bond acceptors (Lipinski definition) is 3. The normalized spacial score (nSPS) is 11.4. The Labute approximate surface area is 121 Å². The van der Waals surface area contributed by atoms with Crippen molar-refractivity contribution in [3.05, 3.63) is 48.2 Å². The number of rotatable bonds is 4. The molecule has 0 saturated carbocycles. The molecule has 0 aliphatic rings. The van der Waals surface area contributed by atoms with Crippen LogP contribution in [0.15, 0.2) is 36.8 Å². The van der Waals surface area contributed by atoms with E-state index in [1.807, 2.05) is 41.4 Å². The van der Waals surface area contributed by atoms with Crippen molar-refractivity contribution in [2.24, 2.45) is 0 Å². The minimum absolute atomic E-state index is 0.211. The third-order valence-corrected chi connectivity index (χ3v) is 3.47. The van der Waals surface area contributed by atoms with Gasteiger partial charge in [0.25, 0.3) is 0 Å². The van der Waals surface area contributed by atoms with Gasteiger partial charge in [-0.25, -0.2) is 14.5 Å². The number of carboxylic acids is 1. The largest absolute Gasteiger partial charge is 0.478 e. The van der Waals surface area contributed by atoms with Crippen LogP contribution in [0.1, 0.15) is 36.1 Å². The van der Waals surface area contributed by atoms with Crippen molar-refractivity contribution < 1.29 is 9.90 Å². The van der Waals surface area contributed by atoms with E-state index in [-0.39, 0.29) is 6.04 Å². The molecule has 2 heterocycles. The van der Waals surface area contributed by atoms with E-state index in [0.717, 1.165) is 11.2 Å². The summed E-state index contributed by atoms with van der Waals surface area (Å²) in [5.41, 5.74) is 1.01. The van der Waals surface area contributed by atoms with Crippen LogP contribution < -0.4 is 0 Å². The molecule has 0 aliphatic heterocycles. The molecular formula is C15H16N4O2. The maximum atomic E-state index is 11.4. The molecule has 1 aromatic carbocycles. The first kappa shape index (κ1) is 13.4. The van der Waals surface area contributed by atoms with Crippen LogP contribution in [0.2, 0.25) is 0 Å². The van der Waals surface area contributed by atoms with Gasteiger partial charge in [-0.1, -0.05) is 12.1 Å². The standard InChI is InChI=1S/C15H16N4O2/c1-10(2)19-13(16-9-17-19)8-18-7-6-11-4-3-5-12(14(11)18)15(20)21/h3-7,9-10H,8H2,1-2H3,(H,20,21). The highest BCUT2D eigenvalue weighted by molar-refractivity contribution is 6.02. The first-order chi connectivity index (χ1) is 10.1. The van der Waals surface area contributed by atoms with Crippen molar-refractivity contribution >= 4 is 16.9 Å². The number of carboxylic acid groups (broad SMARTS) is 1. The summed E-state index contributed by atoms with van der Waals surface area (Å²) < 4.78 is 3.75. The number of carbonyl (C=O) groups is 1. The fraction of sp³-hybridized carbons (Fsp3) is 0.267. The van der Waals surface area contributed by atoms with E-state index in [0.29, 0.717) is 17.6 Å². The van der Waals surface area contributed by atoms with Gasteiger partial charge in [0, 0.05) is 17.6 Å². The van der Waals surface area contributed by atoms with E-state index < -0.39 is 5.97 Å². The molecule has 0 radical (unpaired) electrons. The highest BCUT2D eigenvalue weighted by atomic mass is 16.4. The van der Waals surface area contributed by atoms with E-state index in [1.165, 1.54) is 6.33 Å². The van der Waals surface area contributed by atoms with Crippen LogP contribution in [0.25, 0.3) is 10.9 Å². The van der Waals surface area contributed by atoms with Crippen LogP contribution in [-0.4, -0.2) is 30.4 Å². The lowest BCUT2D eigenvalue weighted by molar-refractivity contribution is 0.0698. The maximum absolute atomic E-state index is 11.4. The molecule has 3 aromatic rings. The molecule has 2 aromatic heterocycles. The van der Waals surface area contributed by atoms with Crippen molar-refractivity contribution in [3.63, 3.8) is 0 Å². The first-order valence-electron chi connectivity index (χ1n) is 6.77. The molecule has 0 bridgehead atoms. The second kappa shape index (κ2) is 5.05. The summed E-state index contributed by atoms with van der Waals surface area (Å²) >= 11 is 0. The number of aromatic carboxylic acids is 1. The maximum Gasteiger partial charge on any atom is 0.337 e. The topological polar surface area (TPSA) is 72.9 Å². The zero-order chi connectivity index (χ0) is 15.0. The molecule has 6 nitrogen and oxygen atoms in total. The zero-order valence-electron chi connectivity index (χ0n) is 11.9. The number of benzene rings is 1. The Balaban J connectivity index is 2.09. The fourth-order valence-electron chi connectivity index (χ4n) is 2.54. The summed E-state index contributed by atoms with van der Waals surface area (Å²) in [6.45, 7) is 4.56. The predicted molar refractivity (Wildman–Crippen MR) is 78.4 cm³/mol. The van der Waals surface area contributed by atoms with Gasteiger partial charge in [0.1, 0.15) is 12.2 Å². The van der Waals surface area contributed by atoms with E-state index in [9.17, 15) is 9.90 Å². The van der Waals surface area contributed by atoms with E-state index >= 15 is 0 Å². The van der Waals surface area contributed by atoms with Gasteiger partial charge >= 0.3 is 5.97 Å². The van der Waals surface area contributed by atoms with Crippen molar-refractivity contribution in [2.45, 2.75) is 26.4 Å². The molecule has 0 fully saturated rings. The number of fused-ring (bicyclic) bond motifs is 1. The smallest absolute Gasteiger partial charge is 0.337 e. The Morgan fingerprint density at radius 2 is 2.14 bits per heavy atom. The molecule has 0 saturated heterocycles. The first-order valence-corrected chi connectivity index (χ1v) is 6.77. The highest BCUT2D eigenvalue weighted by Crippen LogP contribution is 2.21. The van der Waals surface area contributed by atoms with Gasteiger partial charge in [0.15, 0.2) is 0 Å². The summed E-state index contributed by atoms with van der Waals surface area (Å²) in [4.78, 5) is 15.7. The molecule has 0 atom stereocenters. The van der Waals surface area contributed by atoms with Gasteiger partial charge < -0.3 is 9.67 Å². The van der Waals surface area contributed by atoms with E-state index in [2.05, 4.69) is 10.1 Å². The molecule has 0 unspecified atom stereocenters. The predicted octanol–water partition coefficient (Wildman–Crippen LogP) is 2.56. The summed E-state index contributed by atoms with van der Waals surface area (Å²) in [7, 11) is 0. The van der Waals surface area contributed by atoms with Crippen LogP contribution in [0, 0.1) is 0 Å². The lowest BCUT2D eigenvalue weighted by atomic mass is 10.1. The lowest BCUT2D eigenvalue weighted by Gasteiger charge is -2.11. The van der Waals surface area contributed by atoms with Gasteiger partial charge in [-0.15, -0.1) is 0 Å². The van der Waals surface area contributed by atoms with Crippen molar-refractivity contribution in [2.75, 3.05) is 0 Å². The van der Waals surface area contributed by atoms with Crippen molar-refractivity contribution in [1.82, 2.24) is 19.3 Å². The second-order valence-electron chi connectivity index (χ2n) is 5.21. The fourth-order valence-corrected chi connectivity index (χ4v) is 2.54. The van der Waals surface area contributed by atoms with Crippen LogP contribution in [0.5, 0.6) is 0 Å². The lowest BCUT2D eigenvalue weighted by Crippen LogP contribution is -2.12. The molecule has 3 rings (SSSR count). The molecule has 0 aliphatic carbocycles.